The van der Waals surface area contributed by atoms with E-state index in [-0.39, 0.29) is 5.91 Å². The molecule has 5 heteroatoms. The number of hydrogen-bond donors (Lipinski definition) is 3. The molecule has 0 saturated carbocycles. The Morgan fingerprint density at radius 1 is 1.77 bits per heavy atom. The normalized spacial score (nSPS) is 10.0. The van der Waals surface area contributed by atoms with Crippen molar-refractivity contribution in [2.45, 2.75) is 19.9 Å². The first-order chi connectivity index (χ1) is 6.24. The van der Waals surface area contributed by atoms with Gasteiger partial charge in [0.2, 0.25) is 5.91 Å². The van der Waals surface area contributed by atoms with E-state index in [4.69, 9.17) is 5.73 Å². The van der Waals surface area contributed by atoms with Crippen molar-refractivity contribution >= 4 is 5.91 Å². The van der Waals surface area contributed by atoms with Gasteiger partial charge in [-0.05, 0) is 6.92 Å². The number of aryl methyl sites for hydroxylation is 1. The number of nitrogens with two attached hydrogens (primary N) is 1. The van der Waals surface area contributed by atoms with Crippen LogP contribution in [0.15, 0.2) is 6.20 Å². The zero-order valence-corrected chi connectivity index (χ0v) is 7.63. The molecule has 0 aliphatic rings. The summed E-state index contributed by atoms with van der Waals surface area (Å²) in [5.41, 5.74) is 7.21. The smallest absolute Gasteiger partial charge is 0.221 e. The van der Waals surface area contributed by atoms with Crippen molar-refractivity contribution in [3.63, 3.8) is 0 Å². The predicted octanol–water partition coefficient (Wildman–Crippen LogP) is -0.317. The van der Waals surface area contributed by atoms with Gasteiger partial charge in [-0.25, -0.2) is 0 Å². The summed E-state index contributed by atoms with van der Waals surface area (Å²) >= 11 is 0. The molecule has 1 aromatic rings. The van der Waals surface area contributed by atoms with Crippen molar-refractivity contribution < 1.29 is 4.79 Å². The first-order valence-corrected chi connectivity index (χ1v) is 4.19. The van der Waals surface area contributed by atoms with Gasteiger partial charge in [-0.15, -0.1) is 0 Å². The summed E-state index contributed by atoms with van der Waals surface area (Å²) in [4.78, 5) is 11.0. The van der Waals surface area contributed by atoms with E-state index in [2.05, 4.69) is 15.5 Å². The quantitative estimate of drug-likeness (QED) is 0.597. The van der Waals surface area contributed by atoms with E-state index in [0.29, 0.717) is 19.5 Å². The highest BCUT2D eigenvalue weighted by atomic mass is 16.1. The van der Waals surface area contributed by atoms with Crippen molar-refractivity contribution in [3.05, 3.63) is 17.5 Å². The number of rotatable bonds is 4. The summed E-state index contributed by atoms with van der Waals surface area (Å²) < 4.78 is 0. The molecule has 5 nitrogen and oxygen atoms in total. The van der Waals surface area contributed by atoms with E-state index in [0.717, 1.165) is 11.3 Å². The van der Waals surface area contributed by atoms with Crippen molar-refractivity contribution in [2.24, 2.45) is 5.73 Å². The Kier molecular flexibility index (Phi) is 3.45. The molecule has 1 heterocycles. The Hall–Kier alpha value is -1.36. The second-order valence-electron chi connectivity index (χ2n) is 2.84. The molecular formula is C8H14N4O. The van der Waals surface area contributed by atoms with E-state index in [9.17, 15) is 4.79 Å². The Bertz CT molecular complexity index is 281. The average Bonchev–Trinajstić information content (AvgIpc) is 2.48. The standard InChI is InChI=1S/C8H14N4O/c1-6-7(5-11-12-6)4-10-8(13)2-3-9/h5H,2-4,9H2,1H3,(H,10,13)(H,11,12). The zero-order valence-electron chi connectivity index (χ0n) is 7.63. The second-order valence-corrected chi connectivity index (χ2v) is 2.84. The van der Waals surface area contributed by atoms with Crippen LogP contribution in [0.4, 0.5) is 0 Å². The number of hydrogen-bond acceptors (Lipinski definition) is 3. The van der Waals surface area contributed by atoms with Crippen LogP contribution < -0.4 is 11.1 Å². The Morgan fingerprint density at radius 3 is 3.08 bits per heavy atom. The third kappa shape index (κ3) is 2.87. The van der Waals surface area contributed by atoms with Gasteiger partial charge in [0.05, 0.1) is 6.20 Å². The van der Waals surface area contributed by atoms with Crippen LogP contribution in [0.1, 0.15) is 17.7 Å². The molecule has 0 spiro atoms. The minimum Gasteiger partial charge on any atom is -0.352 e. The van der Waals surface area contributed by atoms with Crippen LogP contribution in [-0.4, -0.2) is 22.6 Å². The van der Waals surface area contributed by atoms with E-state index >= 15 is 0 Å². The van der Waals surface area contributed by atoms with Gasteiger partial charge < -0.3 is 11.1 Å². The largest absolute Gasteiger partial charge is 0.352 e. The molecule has 1 rings (SSSR count). The number of nitrogens with one attached hydrogen (secondary N) is 2. The van der Waals surface area contributed by atoms with Gasteiger partial charge in [0.25, 0.3) is 0 Å². The van der Waals surface area contributed by atoms with Crippen LogP contribution in [0.3, 0.4) is 0 Å². The van der Waals surface area contributed by atoms with E-state index < -0.39 is 0 Å². The lowest BCUT2D eigenvalue weighted by Gasteiger charge is -2.02. The molecule has 72 valence electrons. The van der Waals surface area contributed by atoms with Gasteiger partial charge in [0, 0.05) is 30.8 Å². The maximum Gasteiger partial charge on any atom is 0.221 e. The molecule has 0 aliphatic heterocycles. The minimum atomic E-state index is -0.0249. The van der Waals surface area contributed by atoms with Crippen LogP contribution in [-0.2, 0) is 11.3 Å². The summed E-state index contributed by atoms with van der Waals surface area (Å²) in [6, 6.07) is 0. The lowest BCUT2D eigenvalue weighted by molar-refractivity contribution is -0.121. The molecule has 0 atom stereocenters. The molecule has 0 fully saturated rings. The topological polar surface area (TPSA) is 83.8 Å². The van der Waals surface area contributed by atoms with Crippen molar-refractivity contribution in [2.75, 3.05) is 6.54 Å². The minimum absolute atomic E-state index is 0.0249. The molecule has 0 saturated heterocycles. The average molecular weight is 182 g/mol. The zero-order chi connectivity index (χ0) is 9.68. The van der Waals surface area contributed by atoms with E-state index in [1.54, 1.807) is 6.20 Å². The highest BCUT2D eigenvalue weighted by Gasteiger charge is 2.02. The number of aromatic amines is 1. The molecule has 0 bridgehead atoms. The highest BCUT2D eigenvalue weighted by Crippen LogP contribution is 2.00. The second kappa shape index (κ2) is 4.61. The lowest BCUT2D eigenvalue weighted by Crippen LogP contribution is -2.25. The van der Waals surface area contributed by atoms with Crippen molar-refractivity contribution in [1.29, 1.82) is 0 Å². The fraction of sp³-hybridized carbons (Fsp3) is 0.500. The molecule has 0 radical (unpaired) electrons. The van der Waals surface area contributed by atoms with Crippen molar-refractivity contribution in [1.82, 2.24) is 15.5 Å². The predicted molar refractivity (Wildman–Crippen MR) is 48.8 cm³/mol. The number of H-pyrrole nitrogens is 1. The summed E-state index contributed by atoms with van der Waals surface area (Å²) in [6.45, 7) is 2.81. The monoisotopic (exact) mass is 182 g/mol. The van der Waals surface area contributed by atoms with E-state index in [1.165, 1.54) is 0 Å². The van der Waals surface area contributed by atoms with Gasteiger partial charge in [-0.3, -0.25) is 9.89 Å². The first-order valence-electron chi connectivity index (χ1n) is 4.19. The van der Waals surface area contributed by atoms with Crippen molar-refractivity contribution in [3.8, 4) is 0 Å². The number of carbonyl (C=O) groups excluding carboxylic acids is 1. The fourth-order valence-corrected chi connectivity index (χ4v) is 0.967. The first kappa shape index (κ1) is 9.73. The van der Waals surface area contributed by atoms with Gasteiger partial charge in [-0.1, -0.05) is 0 Å². The summed E-state index contributed by atoms with van der Waals surface area (Å²) in [5.74, 6) is -0.0249. The number of aromatic nitrogens is 2. The number of nitrogens with zero attached hydrogens (tertiary/aromatic N) is 1. The third-order valence-corrected chi connectivity index (χ3v) is 1.78. The molecule has 0 aliphatic carbocycles. The maximum atomic E-state index is 11.0. The van der Waals surface area contributed by atoms with E-state index in [1.807, 2.05) is 6.92 Å². The Morgan fingerprint density at radius 2 is 2.54 bits per heavy atom. The molecule has 0 aromatic carbocycles. The summed E-state index contributed by atoms with van der Waals surface area (Å²) in [7, 11) is 0. The highest BCUT2D eigenvalue weighted by molar-refractivity contribution is 5.76. The van der Waals surface area contributed by atoms with Gasteiger partial charge in [0.1, 0.15) is 0 Å². The van der Waals surface area contributed by atoms with Crippen LogP contribution >= 0.6 is 0 Å². The van der Waals surface area contributed by atoms with Gasteiger partial charge >= 0.3 is 0 Å². The number of carbonyl (C=O) groups is 1. The molecule has 0 unspecified atom stereocenters. The van der Waals surface area contributed by atoms with Crippen LogP contribution in [0, 0.1) is 6.92 Å². The van der Waals surface area contributed by atoms with Gasteiger partial charge in [-0.2, -0.15) is 5.10 Å². The SMILES string of the molecule is Cc1[nH]ncc1CNC(=O)CCN. The molecule has 13 heavy (non-hydrogen) atoms. The lowest BCUT2D eigenvalue weighted by atomic mass is 10.2. The Labute approximate surface area is 76.7 Å². The molecule has 4 N–H and O–H groups in total. The van der Waals surface area contributed by atoms with Gasteiger partial charge in [0.15, 0.2) is 0 Å². The third-order valence-electron chi connectivity index (χ3n) is 1.78. The fourth-order valence-electron chi connectivity index (χ4n) is 0.967. The number of amides is 1. The maximum absolute atomic E-state index is 11.0. The molecule has 1 amide bonds. The van der Waals surface area contributed by atoms with Crippen LogP contribution in [0.25, 0.3) is 0 Å². The van der Waals surface area contributed by atoms with Crippen LogP contribution in [0.2, 0.25) is 0 Å². The molecule has 1 aromatic heterocycles. The Balaban J connectivity index is 2.35. The molecular weight excluding hydrogens is 168 g/mol. The summed E-state index contributed by atoms with van der Waals surface area (Å²) in [5, 5.41) is 9.39. The van der Waals surface area contributed by atoms with Crippen LogP contribution in [0.5, 0.6) is 0 Å². The summed E-state index contributed by atoms with van der Waals surface area (Å²) in [6.07, 6.45) is 2.08.